The van der Waals surface area contributed by atoms with Gasteiger partial charge in [-0.1, -0.05) is 30.3 Å². The monoisotopic (exact) mass is 276 g/mol. The summed E-state index contributed by atoms with van der Waals surface area (Å²) in [6.45, 7) is 0. The zero-order chi connectivity index (χ0) is 13.7. The van der Waals surface area contributed by atoms with Crippen LogP contribution in [-0.4, -0.2) is 22.0 Å². The summed E-state index contributed by atoms with van der Waals surface area (Å²) in [6, 6.07) is 9.38. The van der Waals surface area contributed by atoms with Gasteiger partial charge in [0.2, 0.25) is 5.91 Å². The van der Waals surface area contributed by atoms with Gasteiger partial charge in [-0.25, -0.2) is 4.98 Å². The highest BCUT2D eigenvalue weighted by Crippen LogP contribution is 2.16. The molecule has 0 bridgehead atoms. The Balaban J connectivity index is 1.92. The van der Waals surface area contributed by atoms with E-state index in [1.54, 1.807) is 5.38 Å². The molecule has 1 heterocycles. The van der Waals surface area contributed by atoms with Gasteiger partial charge in [0.05, 0.1) is 18.5 Å². The first-order valence-corrected chi connectivity index (χ1v) is 6.51. The molecule has 0 aliphatic carbocycles. The van der Waals surface area contributed by atoms with E-state index in [0.717, 1.165) is 5.56 Å². The van der Waals surface area contributed by atoms with Gasteiger partial charge in [-0.05, 0) is 5.56 Å². The Kier molecular flexibility index (Phi) is 4.25. The second-order valence-corrected chi connectivity index (χ2v) is 4.78. The van der Waals surface area contributed by atoms with Crippen LogP contribution in [0.5, 0.6) is 0 Å². The number of hydrogen-bond acceptors (Lipinski definition) is 4. The third-order valence-corrected chi connectivity index (χ3v) is 3.14. The number of carbonyl (C=O) groups excluding carboxylic acids is 1. The van der Waals surface area contributed by atoms with Gasteiger partial charge in [-0.2, -0.15) is 0 Å². The van der Waals surface area contributed by atoms with E-state index in [9.17, 15) is 9.59 Å². The van der Waals surface area contributed by atoms with Gasteiger partial charge in [0.25, 0.3) is 0 Å². The van der Waals surface area contributed by atoms with Gasteiger partial charge in [0, 0.05) is 5.38 Å². The second kappa shape index (κ2) is 6.10. The lowest BCUT2D eigenvalue weighted by Crippen LogP contribution is -2.14. The zero-order valence-electron chi connectivity index (χ0n) is 10.00. The van der Waals surface area contributed by atoms with Crippen LogP contribution in [0.4, 0.5) is 5.13 Å². The first-order valence-electron chi connectivity index (χ1n) is 5.63. The van der Waals surface area contributed by atoms with Gasteiger partial charge >= 0.3 is 5.97 Å². The molecule has 5 nitrogen and oxygen atoms in total. The van der Waals surface area contributed by atoms with Crippen molar-refractivity contribution in [3.05, 3.63) is 47.0 Å². The van der Waals surface area contributed by atoms with Gasteiger partial charge in [0.15, 0.2) is 5.13 Å². The van der Waals surface area contributed by atoms with Gasteiger partial charge in [-0.3, -0.25) is 9.59 Å². The van der Waals surface area contributed by atoms with Gasteiger partial charge in [0.1, 0.15) is 0 Å². The summed E-state index contributed by atoms with van der Waals surface area (Å²) in [5, 5.41) is 13.3. The smallest absolute Gasteiger partial charge is 0.309 e. The molecule has 1 aromatic carbocycles. The Morgan fingerprint density at radius 2 is 1.95 bits per heavy atom. The molecule has 0 aliphatic rings. The van der Waals surface area contributed by atoms with E-state index in [2.05, 4.69) is 10.3 Å². The van der Waals surface area contributed by atoms with Crippen LogP contribution < -0.4 is 5.32 Å². The lowest BCUT2D eigenvalue weighted by Gasteiger charge is -2.01. The van der Waals surface area contributed by atoms with E-state index in [1.807, 2.05) is 30.3 Å². The minimum Gasteiger partial charge on any atom is -0.481 e. The number of hydrogen-bond donors (Lipinski definition) is 2. The van der Waals surface area contributed by atoms with Crippen LogP contribution >= 0.6 is 11.3 Å². The van der Waals surface area contributed by atoms with Crippen molar-refractivity contribution in [2.45, 2.75) is 12.8 Å². The van der Waals surface area contributed by atoms with Crippen molar-refractivity contribution in [3.63, 3.8) is 0 Å². The summed E-state index contributed by atoms with van der Waals surface area (Å²) in [5.41, 5.74) is 1.37. The molecule has 0 radical (unpaired) electrons. The Labute approximate surface area is 113 Å². The summed E-state index contributed by atoms with van der Waals surface area (Å²) < 4.78 is 0. The number of nitrogens with one attached hydrogen (secondary N) is 1. The summed E-state index contributed by atoms with van der Waals surface area (Å²) in [5.74, 6) is -1.10. The van der Waals surface area contributed by atoms with E-state index in [-0.39, 0.29) is 18.7 Å². The molecule has 0 spiro atoms. The van der Waals surface area contributed by atoms with Crippen molar-refractivity contribution in [2.24, 2.45) is 0 Å². The number of amides is 1. The molecule has 2 rings (SSSR count). The van der Waals surface area contributed by atoms with E-state index in [4.69, 9.17) is 5.11 Å². The number of benzene rings is 1. The SMILES string of the molecule is O=C(O)Cc1csc(NC(=O)Cc2ccccc2)n1. The maximum Gasteiger partial charge on any atom is 0.309 e. The standard InChI is InChI=1S/C13H12N2O3S/c16-11(6-9-4-2-1-3-5-9)15-13-14-10(8-19-13)7-12(17)18/h1-5,8H,6-7H2,(H,17,18)(H,14,15,16). The number of thiazole rings is 1. The van der Waals surface area contributed by atoms with Crippen molar-refractivity contribution >= 4 is 28.3 Å². The fourth-order valence-corrected chi connectivity index (χ4v) is 2.27. The van der Waals surface area contributed by atoms with Crippen LogP contribution in [0.15, 0.2) is 35.7 Å². The Bertz CT molecular complexity index is 581. The maximum absolute atomic E-state index is 11.8. The summed E-state index contributed by atoms with van der Waals surface area (Å²) in [4.78, 5) is 26.3. The van der Waals surface area contributed by atoms with Crippen molar-refractivity contribution in [2.75, 3.05) is 5.32 Å². The highest BCUT2D eigenvalue weighted by molar-refractivity contribution is 7.13. The fraction of sp³-hybridized carbons (Fsp3) is 0.154. The van der Waals surface area contributed by atoms with E-state index in [0.29, 0.717) is 10.8 Å². The molecule has 98 valence electrons. The molecule has 2 N–H and O–H groups in total. The number of carbonyl (C=O) groups is 2. The second-order valence-electron chi connectivity index (χ2n) is 3.93. The summed E-state index contributed by atoms with van der Waals surface area (Å²) in [6.07, 6.45) is 0.139. The van der Waals surface area contributed by atoms with Crippen molar-refractivity contribution in [1.29, 1.82) is 0 Å². The summed E-state index contributed by atoms with van der Waals surface area (Å²) >= 11 is 1.22. The molecule has 0 atom stereocenters. The van der Waals surface area contributed by atoms with Crippen LogP contribution in [0.2, 0.25) is 0 Å². The molecular weight excluding hydrogens is 264 g/mol. The molecule has 0 saturated heterocycles. The highest BCUT2D eigenvalue weighted by atomic mass is 32.1. The highest BCUT2D eigenvalue weighted by Gasteiger charge is 2.09. The van der Waals surface area contributed by atoms with E-state index >= 15 is 0 Å². The predicted molar refractivity (Wildman–Crippen MR) is 72.2 cm³/mol. The van der Waals surface area contributed by atoms with Gasteiger partial charge in [-0.15, -0.1) is 11.3 Å². The first-order chi connectivity index (χ1) is 9.13. The first kappa shape index (κ1) is 13.2. The number of carboxylic acid groups (broad SMARTS) is 1. The number of carboxylic acids is 1. The molecule has 1 amide bonds. The molecule has 1 aromatic heterocycles. The average molecular weight is 276 g/mol. The van der Waals surface area contributed by atoms with E-state index < -0.39 is 5.97 Å². The minimum atomic E-state index is -0.938. The van der Waals surface area contributed by atoms with Crippen LogP contribution in [0.25, 0.3) is 0 Å². The molecular formula is C13H12N2O3S. The van der Waals surface area contributed by atoms with Crippen LogP contribution in [0.1, 0.15) is 11.3 Å². The third-order valence-electron chi connectivity index (χ3n) is 2.34. The topological polar surface area (TPSA) is 79.3 Å². The number of rotatable bonds is 5. The van der Waals surface area contributed by atoms with Gasteiger partial charge < -0.3 is 10.4 Å². The molecule has 0 unspecified atom stereocenters. The average Bonchev–Trinajstić information content (AvgIpc) is 2.76. The van der Waals surface area contributed by atoms with Crippen molar-refractivity contribution in [1.82, 2.24) is 4.98 Å². The summed E-state index contributed by atoms with van der Waals surface area (Å²) in [7, 11) is 0. The van der Waals surface area contributed by atoms with E-state index in [1.165, 1.54) is 11.3 Å². The lowest BCUT2D eigenvalue weighted by molar-refractivity contribution is -0.136. The van der Waals surface area contributed by atoms with Crippen LogP contribution in [0, 0.1) is 0 Å². The van der Waals surface area contributed by atoms with Crippen LogP contribution in [0.3, 0.4) is 0 Å². The molecule has 19 heavy (non-hydrogen) atoms. The largest absolute Gasteiger partial charge is 0.481 e. The normalized spacial score (nSPS) is 10.1. The number of anilines is 1. The van der Waals surface area contributed by atoms with Crippen molar-refractivity contribution in [3.8, 4) is 0 Å². The minimum absolute atomic E-state index is 0.134. The lowest BCUT2D eigenvalue weighted by atomic mass is 10.1. The maximum atomic E-state index is 11.8. The molecule has 0 fully saturated rings. The number of aliphatic carboxylic acids is 1. The quantitative estimate of drug-likeness (QED) is 0.874. The third kappa shape index (κ3) is 4.18. The zero-order valence-corrected chi connectivity index (χ0v) is 10.8. The molecule has 0 aliphatic heterocycles. The Hall–Kier alpha value is -2.21. The number of aromatic nitrogens is 1. The molecule has 0 saturated carbocycles. The number of nitrogens with zero attached hydrogens (tertiary/aromatic N) is 1. The fourth-order valence-electron chi connectivity index (χ4n) is 1.55. The molecule has 6 heteroatoms. The van der Waals surface area contributed by atoms with Crippen molar-refractivity contribution < 1.29 is 14.7 Å². The molecule has 2 aromatic rings. The Morgan fingerprint density at radius 1 is 1.21 bits per heavy atom. The Morgan fingerprint density at radius 3 is 2.63 bits per heavy atom. The van der Waals surface area contributed by atoms with Crippen LogP contribution in [-0.2, 0) is 22.4 Å². The predicted octanol–water partition coefficient (Wildman–Crippen LogP) is 1.95.